The Hall–Kier alpha value is -1.89. The van der Waals surface area contributed by atoms with Crippen molar-refractivity contribution >= 4 is 33.2 Å². The van der Waals surface area contributed by atoms with E-state index in [2.05, 4.69) is 23.9 Å². The summed E-state index contributed by atoms with van der Waals surface area (Å²) in [7, 11) is -3.71. The Labute approximate surface area is 159 Å². The molecule has 7 heteroatoms. The fourth-order valence-electron chi connectivity index (χ4n) is 2.37. The number of halogens is 1. The van der Waals surface area contributed by atoms with Gasteiger partial charge in [-0.2, -0.15) is 0 Å². The predicted octanol–water partition coefficient (Wildman–Crippen LogP) is 4.40. The van der Waals surface area contributed by atoms with Crippen LogP contribution in [0.2, 0.25) is 5.02 Å². The van der Waals surface area contributed by atoms with Crippen molar-refractivity contribution in [3.05, 3.63) is 58.6 Å². The highest BCUT2D eigenvalue weighted by Crippen LogP contribution is 2.23. The second kappa shape index (κ2) is 8.20. The molecule has 140 valence electrons. The second-order valence-corrected chi connectivity index (χ2v) is 8.77. The summed E-state index contributed by atoms with van der Waals surface area (Å²) in [6.45, 7) is 7.62. The van der Waals surface area contributed by atoms with Crippen LogP contribution in [0.1, 0.15) is 49.5 Å². The van der Waals surface area contributed by atoms with E-state index in [4.69, 9.17) is 11.6 Å². The van der Waals surface area contributed by atoms with Crippen LogP contribution in [-0.2, 0) is 10.0 Å². The third-order valence-corrected chi connectivity index (χ3v) is 5.70. The number of benzene rings is 2. The van der Waals surface area contributed by atoms with Crippen LogP contribution in [0.25, 0.3) is 0 Å². The average Bonchev–Trinajstić information content (AvgIpc) is 2.54. The summed E-state index contributed by atoms with van der Waals surface area (Å²) in [6, 6.07) is 11.3. The Morgan fingerprint density at radius 3 is 2.15 bits per heavy atom. The van der Waals surface area contributed by atoms with E-state index in [1.807, 2.05) is 24.3 Å². The van der Waals surface area contributed by atoms with Crippen molar-refractivity contribution in [3.63, 3.8) is 0 Å². The van der Waals surface area contributed by atoms with Crippen molar-refractivity contribution in [2.24, 2.45) is 0 Å². The summed E-state index contributed by atoms with van der Waals surface area (Å²) in [5.41, 5.74) is 1.88. The number of hydrogen-bond acceptors (Lipinski definition) is 3. The Kier molecular flexibility index (Phi) is 6.44. The lowest BCUT2D eigenvalue weighted by atomic mass is 10.0. The van der Waals surface area contributed by atoms with E-state index in [0.29, 0.717) is 11.6 Å². The molecule has 0 saturated carbocycles. The number of nitrogens with one attached hydrogen (secondary N) is 2. The zero-order valence-electron chi connectivity index (χ0n) is 15.2. The normalized spacial score (nSPS) is 11.8. The molecule has 0 aliphatic carbocycles. The number of sulfonamides is 1. The molecule has 0 aliphatic rings. The maximum atomic E-state index is 12.5. The standard InChI is InChI=1S/C19H23ClN2O3S/c1-12(2)14-5-7-15(8-6-14)21-19(23)17-11-16(9-10-18(17)20)26(24,25)22-13(3)4/h5-13,22H,1-4H3,(H,21,23). The van der Waals surface area contributed by atoms with Crippen molar-refractivity contribution in [3.8, 4) is 0 Å². The number of rotatable bonds is 6. The minimum atomic E-state index is -3.71. The van der Waals surface area contributed by atoms with Gasteiger partial charge < -0.3 is 5.32 Å². The van der Waals surface area contributed by atoms with Gasteiger partial charge in [0.15, 0.2) is 0 Å². The topological polar surface area (TPSA) is 75.3 Å². The van der Waals surface area contributed by atoms with E-state index < -0.39 is 15.9 Å². The number of carbonyl (C=O) groups excluding carboxylic acids is 1. The molecule has 2 rings (SSSR count). The first kappa shape index (κ1) is 20.4. The average molecular weight is 395 g/mol. The van der Waals surface area contributed by atoms with E-state index in [1.54, 1.807) is 13.8 Å². The highest BCUT2D eigenvalue weighted by atomic mass is 35.5. The van der Waals surface area contributed by atoms with Gasteiger partial charge in [-0.25, -0.2) is 13.1 Å². The van der Waals surface area contributed by atoms with Crippen LogP contribution >= 0.6 is 11.6 Å². The fraction of sp³-hybridized carbons (Fsp3) is 0.316. The first-order valence-corrected chi connectivity index (χ1v) is 10.2. The van der Waals surface area contributed by atoms with Crippen molar-refractivity contribution in [2.75, 3.05) is 5.32 Å². The van der Waals surface area contributed by atoms with Crippen LogP contribution in [0.15, 0.2) is 47.4 Å². The van der Waals surface area contributed by atoms with Crippen LogP contribution in [0.5, 0.6) is 0 Å². The number of carbonyl (C=O) groups is 1. The van der Waals surface area contributed by atoms with Gasteiger partial charge in [0.05, 0.1) is 15.5 Å². The van der Waals surface area contributed by atoms with Crippen molar-refractivity contribution < 1.29 is 13.2 Å². The number of hydrogen-bond donors (Lipinski definition) is 2. The first-order valence-electron chi connectivity index (χ1n) is 8.33. The van der Waals surface area contributed by atoms with Crippen LogP contribution in [-0.4, -0.2) is 20.4 Å². The molecule has 0 atom stereocenters. The summed E-state index contributed by atoms with van der Waals surface area (Å²) >= 11 is 6.10. The van der Waals surface area contributed by atoms with Gasteiger partial charge in [-0.05, 0) is 55.7 Å². The number of anilines is 1. The molecule has 0 saturated heterocycles. The summed E-state index contributed by atoms with van der Waals surface area (Å²) in [6.07, 6.45) is 0. The molecule has 0 aromatic heterocycles. The first-order chi connectivity index (χ1) is 12.1. The molecule has 0 spiro atoms. The lowest BCUT2D eigenvalue weighted by molar-refractivity contribution is 0.102. The van der Waals surface area contributed by atoms with Crippen molar-refractivity contribution in [2.45, 2.75) is 44.6 Å². The quantitative estimate of drug-likeness (QED) is 0.762. The van der Waals surface area contributed by atoms with E-state index in [-0.39, 0.29) is 21.5 Å². The van der Waals surface area contributed by atoms with Crippen LogP contribution < -0.4 is 10.0 Å². The second-order valence-electron chi connectivity index (χ2n) is 6.65. The summed E-state index contributed by atoms with van der Waals surface area (Å²) in [5.74, 6) is -0.0709. The van der Waals surface area contributed by atoms with Gasteiger partial charge in [0.1, 0.15) is 0 Å². The fourth-order valence-corrected chi connectivity index (χ4v) is 3.85. The smallest absolute Gasteiger partial charge is 0.257 e. The molecule has 2 N–H and O–H groups in total. The van der Waals surface area contributed by atoms with E-state index in [9.17, 15) is 13.2 Å². The predicted molar refractivity (Wildman–Crippen MR) is 105 cm³/mol. The molecular formula is C19H23ClN2O3S. The van der Waals surface area contributed by atoms with Gasteiger partial charge in [0, 0.05) is 11.7 Å². The minimum Gasteiger partial charge on any atom is -0.322 e. The highest BCUT2D eigenvalue weighted by molar-refractivity contribution is 7.89. The largest absolute Gasteiger partial charge is 0.322 e. The SMILES string of the molecule is CC(C)NS(=O)(=O)c1ccc(Cl)c(C(=O)Nc2ccc(C(C)C)cc2)c1. The zero-order valence-corrected chi connectivity index (χ0v) is 16.8. The molecule has 0 heterocycles. The molecule has 5 nitrogen and oxygen atoms in total. The molecule has 0 unspecified atom stereocenters. The third-order valence-electron chi connectivity index (χ3n) is 3.72. The van der Waals surface area contributed by atoms with Gasteiger partial charge in [-0.1, -0.05) is 37.6 Å². The Bertz CT molecular complexity index is 892. The van der Waals surface area contributed by atoms with Crippen LogP contribution in [0, 0.1) is 0 Å². The van der Waals surface area contributed by atoms with E-state index >= 15 is 0 Å². The van der Waals surface area contributed by atoms with E-state index in [1.165, 1.54) is 18.2 Å². The molecule has 0 bridgehead atoms. The highest BCUT2D eigenvalue weighted by Gasteiger charge is 2.19. The molecule has 0 aliphatic heterocycles. The van der Waals surface area contributed by atoms with Gasteiger partial charge >= 0.3 is 0 Å². The zero-order chi connectivity index (χ0) is 19.5. The maximum Gasteiger partial charge on any atom is 0.257 e. The van der Waals surface area contributed by atoms with Gasteiger partial charge in [0.2, 0.25) is 10.0 Å². The minimum absolute atomic E-state index is 0.00379. The molecule has 0 fully saturated rings. The van der Waals surface area contributed by atoms with Gasteiger partial charge in [0.25, 0.3) is 5.91 Å². The molecule has 26 heavy (non-hydrogen) atoms. The molecule has 2 aromatic carbocycles. The maximum absolute atomic E-state index is 12.5. The van der Waals surface area contributed by atoms with Crippen molar-refractivity contribution in [1.29, 1.82) is 0 Å². The van der Waals surface area contributed by atoms with Crippen molar-refractivity contribution in [1.82, 2.24) is 4.72 Å². The molecule has 2 aromatic rings. The molecular weight excluding hydrogens is 372 g/mol. The summed E-state index contributed by atoms with van der Waals surface area (Å²) < 4.78 is 27.1. The van der Waals surface area contributed by atoms with E-state index in [0.717, 1.165) is 5.56 Å². The number of amides is 1. The molecule has 0 radical (unpaired) electrons. The lowest BCUT2D eigenvalue weighted by Gasteiger charge is -2.12. The Balaban J connectivity index is 2.27. The van der Waals surface area contributed by atoms with Gasteiger partial charge in [-0.3, -0.25) is 4.79 Å². The lowest BCUT2D eigenvalue weighted by Crippen LogP contribution is -2.30. The van der Waals surface area contributed by atoms with Crippen LogP contribution in [0.4, 0.5) is 5.69 Å². The summed E-state index contributed by atoms with van der Waals surface area (Å²) in [5, 5.41) is 2.93. The Morgan fingerprint density at radius 2 is 1.62 bits per heavy atom. The molecule has 1 amide bonds. The Morgan fingerprint density at radius 1 is 1.00 bits per heavy atom. The monoisotopic (exact) mass is 394 g/mol. The van der Waals surface area contributed by atoms with Crippen LogP contribution in [0.3, 0.4) is 0 Å². The summed E-state index contributed by atoms with van der Waals surface area (Å²) in [4.78, 5) is 12.5. The van der Waals surface area contributed by atoms with Gasteiger partial charge in [-0.15, -0.1) is 0 Å². The third kappa shape index (κ3) is 5.06.